The van der Waals surface area contributed by atoms with Gasteiger partial charge in [-0.15, -0.1) is 0 Å². The molecule has 1 saturated heterocycles. The average molecular weight is 271 g/mol. The topological polar surface area (TPSA) is 53.1 Å². The van der Waals surface area contributed by atoms with Crippen molar-refractivity contribution < 1.29 is 14.3 Å². The van der Waals surface area contributed by atoms with E-state index in [9.17, 15) is 9.59 Å². The number of methoxy groups -OCH3 is 1. The van der Waals surface area contributed by atoms with Crippen LogP contribution in [0.1, 0.15) is 13.3 Å². The number of carbonyl (C=O) groups is 2. The number of nitrogens with zero attached hydrogens (tertiary/aromatic N) is 3. The highest BCUT2D eigenvalue weighted by molar-refractivity contribution is 5.77. The van der Waals surface area contributed by atoms with E-state index in [1.54, 1.807) is 4.90 Å². The molecule has 0 bridgehead atoms. The van der Waals surface area contributed by atoms with Crippen LogP contribution in [0, 0.1) is 0 Å². The van der Waals surface area contributed by atoms with Crippen LogP contribution >= 0.6 is 0 Å². The molecule has 19 heavy (non-hydrogen) atoms. The Hall–Kier alpha value is -1.14. The highest BCUT2D eigenvalue weighted by atomic mass is 16.5. The van der Waals surface area contributed by atoms with Crippen molar-refractivity contribution in [3.63, 3.8) is 0 Å². The summed E-state index contributed by atoms with van der Waals surface area (Å²) >= 11 is 0. The van der Waals surface area contributed by atoms with Gasteiger partial charge in [-0.25, -0.2) is 0 Å². The predicted molar refractivity (Wildman–Crippen MR) is 72.8 cm³/mol. The largest absolute Gasteiger partial charge is 0.469 e. The third kappa shape index (κ3) is 5.57. The van der Waals surface area contributed by atoms with Crippen molar-refractivity contribution in [1.29, 1.82) is 0 Å². The Bertz CT molecular complexity index is 302. The molecule has 6 heteroatoms. The van der Waals surface area contributed by atoms with Crippen molar-refractivity contribution in [1.82, 2.24) is 14.7 Å². The van der Waals surface area contributed by atoms with Gasteiger partial charge in [-0.3, -0.25) is 14.5 Å². The van der Waals surface area contributed by atoms with Crippen LogP contribution in [0.3, 0.4) is 0 Å². The normalized spacial score (nSPS) is 17.2. The van der Waals surface area contributed by atoms with Crippen molar-refractivity contribution in [2.45, 2.75) is 13.3 Å². The third-order valence-electron chi connectivity index (χ3n) is 3.58. The Morgan fingerprint density at radius 3 is 2.26 bits per heavy atom. The van der Waals surface area contributed by atoms with Crippen LogP contribution in [0.5, 0.6) is 0 Å². The van der Waals surface area contributed by atoms with Crippen LogP contribution in [0.15, 0.2) is 0 Å². The number of rotatable bonds is 6. The van der Waals surface area contributed by atoms with Crippen molar-refractivity contribution in [2.24, 2.45) is 0 Å². The van der Waals surface area contributed by atoms with Gasteiger partial charge < -0.3 is 14.5 Å². The number of ether oxygens (including phenoxy) is 1. The Morgan fingerprint density at radius 1 is 1.16 bits per heavy atom. The monoisotopic (exact) mass is 271 g/mol. The fourth-order valence-electron chi connectivity index (χ4n) is 2.01. The number of likely N-dealkylation sites (N-methyl/N-ethyl adjacent to an activating group) is 1. The minimum absolute atomic E-state index is 0.165. The summed E-state index contributed by atoms with van der Waals surface area (Å²) in [6.45, 7) is 7.52. The number of esters is 1. The highest BCUT2D eigenvalue weighted by Crippen LogP contribution is 2.03. The minimum Gasteiger partial charge on any atom is -0.469 e. The molecule has 0 aromatic rings. The average Bonchev–Trinajstić information content (AvgIpc) is 2.45. The van der Waals surface area contributed by atoms with Gasteiger partial charge in [0.1, 0.15) is 0 Å². The van der Waals surface area contributed by atoms with E-state index in [2.05, 4.69) is 14.5 Å². The zero-order valence-electron chi connectivity index (χ0n) is 12.2. The number of carbonyl (C=O) groups excluding carboxylic acids is 2. The maximum absolute atomic E-state index is 11.8. The molecule has 0 aromatic heterocycles. The van der Waals surface area contributed by atoms with Gasteiger partial charge in [0, 0.05) is 46.3 Å². The summed E-state index contributed by atoms with van der Waals surface area (Å²) in [7, 11) is 3.24. The quantitative estimate of drug-likeness (QED) is 0.618. The van der Waals surface area contributed by atoms with E-state index in [0.29, 0.717) is 13.0 Å². The maximum atomic E-state index is 11.8. The summed E-state index contributed by atoms with van der Waals surface area (Å²) in [6, 6.07) is 0. The Morgan fingerprint density at radius 2 is 1.74 bits per heavy atom. The molecule has 0 atom stereocenters. The summed E-state index contributed by atoms with van der Waals surface area (Å²) in [6.07, 6.45) is 0.438. The van der Waals surface area contributed by atoms with Gasteiger partial charge in [-0.2, -0.15) is 0 Å². The summed E-state index contributed by atoms with van der Waals surface area (Å²) in [4.78, 5) is 29.0. The second-order valence-corrected chi connectivity index (χ2v) is 4.85. The van der Waals surface area contributed by atoms with Crippen LogP contribution < -0.4 is 0 Å². The summed E-state index contributed by atoms with van der Waals surface area (Å²) in [5.74, 6) is 0.00712. The van der Waals surface area contributed by atoms with Crippen molar-refractivity contribution in [3.05, 3.63) is 0 Å². The molecule has 1 heterocycles. The highest BCUT2D eigenvalue weighted by Gasteiger charge is 2.20. The van der Waals surface area contributed by atoms with E-state index in [4.69, 9.17) is 0 Å². The fraction of sp³-hybridized carbons (Fsp3) is 0.846. The molecule has 0 aliphatic carbocycles. The van der Waals surface area contributed by atoms with Gasteiger partial charge in [-0.05, 0) is 6.92 Å². The molecule has 1 amide bonds. The van der Waals surface area contributed by atoms with Gasteiger partial charge in [0.2, 0.25) is 5.91 Å². The third-order valence-corrected chi connectivity index (χ3v) is 3.58. The molecule has 110 valence electrons. The summed E-state index contributed by atoms with van der Waals surface area (Å²) < 4.78 is 4.63. The predicted octanol–water partition coefficient (Wildman–Crippen LogP) is -0.355. The van der Waals surface area contributed by atoms with Gasteiger partial charge in [0.15, 0.2) is 0 Å². The second kappa shape index (κ2) is 8.12. The Labute approximate surface area is 115 Å². The molecule has 1 aliphatic heterocycles. The lowest BCUT2D eigenvalue weighted by molar-refractivity contribution is -0.141. The van der Waals surface area contributed by atoms with Crippen molar-refractivity contribution in [2.75, 3.05) is 60.0 Å². The summed E-state index contributed by atoms with van der Waals surface area (Å²) in [5, 5.41) is 0. The van der Waals surface area contributed by atoms with Crippen LogP contribution in [-0.2, 0) is 14.3 Å². The van der Waals surface area contributed by atoms with Gasteiger partial charge >= 0.3 is 5.97 Å². The van der Waals surface area contributed by atoms with E-state index < -0.39 is 0 Å². The molecular formula is C13H25N3O3. The fourth-order valence-corrected chi connectivity index (χ4v) is 2.01. The lowest BCUT2D eigenvalue weighted by atomic mass is 10.3. The van der Waals surface area contributed by atoms with Crippen molar-refractivity contribution in [3.8, 4) is 0 Å². The molecule has 1 rings (SSSR count). The van der Waals surface area contributed by atoms with E-state index >= 15 is 0 Å². The molecule has 1 fully saturated rings. The first-order valence-electron chi connectivity index (χ1n) is 6.82. The van der Waals surface area contributed by atoms with E-state index in [1.807, 2.05) is 14.0 Å². The van der Waals surface area contributed by atoms with Crippen LogP contribution in [-0.4, -0.2) is 86.5 Å². The maximum Gasteiger partial charge on any atom is 0.306 e. The second-order valence-electron chi connectivity index (χ2n) is 4.85. The van der Waals surface area contributed by atoms with E-state index in [1.165, 1.54) is 7.11 Å². The lowest BCUT2D eigenvalue weighted by Gasteiger charge is -2.34. The molecule has 6 nitrogen and oxygen atoms in total. The zero-order chi connectivity index (χ0) is 14.3. The number of amides is 1. The van der Waals surface area contributed by atoms with Crippen LogP contribution in [0.4, 0.5) is 0 Å². The van der Waals surface area contributed by atoms with Crippen molar-refractivity contribution >= 4 is 11.9 Å². The molecular weight excluding hydrogens is 246 g/mol. The number of hydrogen-bond donors (Lipinski definition) is 0. The van der Waals surface area contributed by atoms with Gasteiger partial charge in [0.25, 0.3) is 0 Å². The molecule has 0 N–H and O–H groups in total. The summed E-state index contributed by atoms with van der Waals surface area (Å²) in [5.41, 5.74) is 0. The minimum atomic E-state index is -0.165. The number of hydrogen-bond acceptors (Lipinski definition) is 5. The van der Waals surface area contributed by atoms with E-state index in [0.717, 1.165) is 39.3 Å². The molecule has 0 aromatic carbocycles. The SMILES string of the molecule is CCN(C)C(=O)CN1CCN(CCC(=O)OC)CC1. The molecule has 1 aliphatic rings. The Balaban J connectivity index is 2.21. The Kier molecular flexibility index (Phi) is 6.80. The standard InChI is InChI=1S/C13H25N3O3/c1-4-14(2)12(17)11-16-9-7-15(8-10-16)6-5-13(18)19-3/h4-11H2,1-3H3. The first-order chi connectivity index (χ1) is 9.06. The van der Waals surface area contributed by atoms with Gasteiger partial charge in [0.05, 0.1) is 20.1 Å². The first-order valence-corrected chi connectivity index (χ1v) is 6.82. The zero-order valence-corrected chi connectivity index (χ0v) is 12.2. The van der Waals surface area contributed by atoms with Crippen LogP contribution in [0.2, 0.25) is 0 Å². The van der Waals surface area contributed by atoms with E-state index in [-0.39, 0.29) is 11.9 Å². The smallest absolute Gasteiger partial charge is 0.306 e. The lowest BCUT2D eigenvalue weighted by Crippen LogP contribution is -2.49. The molecule has 0 radical (unpaired) electrons. The van der Waals surface area contributed by atoms with Gasteiger partial charge in [-0.1, -0.05) is 0 Å². The molecule has 0 spiro atoms. The number of piperazine rings is 1. The molecule has 0 unspecified atom stereocenters. The molecule has 0 saturated carbocycles. The van der Waals surface area contributed by atoms with Crippen LogP contribution in [0.25, 0.3) is 0 Å². The first kappa shape index (κ1) is 15.9.